The fourth-order valence-corrected chi connectivity index (χ4v) is 4.55. The van der Waals surface area contributed by atoms with E-state index < -0.39 is 29.3 Å². The van der Waals surface area contributed by atoms with Gasteiger partial charge in [0, 0.05) is 16.3 Å². The molecule has 0 N–H and O–H groups in total. The van der Waals surface area contributed by atoms with Gasteiger partial charge in [0.1, 0.15) is 12.0 Å². The molecule has 2 heterocycles. The second-order valence-electron chi connectivity index (χ2n) is 6.72. The third-order valence-electron chi connectivity index (χ3n) is 4.71. The monoisotopic (exact) mass is 426 g/mol. The number of rotatable bonds is 3. The van der Waals surface area contributed by atoms with E-state index in [0.29, 0.717) is 24.1 Å². The zero-order chi connectivity index (χ0) is 16.0. The Balaban J connectivity index is 1.72. The molecule has 0 saturated carbocycles. The summed E-state index contributed by atoms with van der Waals surface area (Å²) in [6.45, 7) is 4.84. The van der Waals surface area contributed by atoms with Gasteiger partial charge in [-0.2, -0.15) is 0 Å². The first-order chi connectivity index (χ1) is 10.4. The van der Waals surface area contributed by atoms with E-state index in [0.717, 1.165) is 6.08 Å². The molecule has 124 valence electrons. The Hall–Kier alpha value is -0.0500. The molecule has 6 heteroatoms. The summed E-state index contributed by atoms with van der Waals surface area (Å²) < 4.78 is 45.7. The molecule has 0 aromatic heterocycles. The van der Waals surface area contributed by atoms with E-state index in [1.165, 1.54) is 6.08 Å². The van der Waals surface area contributed by atoms with Crippen LogP contribution in [0.4, 0.5) is 8.78 Å². The number of halogens is 3. The molecule has 0 aromatic carbocycles. The van der Waals surface area contributed by atoms with Crippen molar-refractivity contribution in [1.29, 1.82) is 0 Å². The maximum atomic E-state index is 14.3. The molecule has 0 radical (unpaired) electrons. The fourth-order valence-electron chi connectivity index (χ4n) is 3.51. The molecule has 0 amide bonds. The van der Waals surface area contributed by atoms with Crippen molar-refractivity contribution in [2.24, 2.45) is 11.8 Å². The molecule has 3 aliphatic rings. The van der Waals surface area contributed by atoms with Gasteiger partial charge in [-0.05, 0) is 32.4 Å². The molecule has 0 aromatic rings. The topological polar surface area (TPSA) is 27.7 Å². The van der Waals surface area contributed by atoms with Crippen LogP contribution in [0.25, 0.3) is 0 Å². The van der Waals surface area contributed by atoms with Gasteiger partial charge in [0.05, 0.1) is 24.9 Å². The number of ether oxygens (including phenoxy) is 3. The summed E-state index contributed by atoms with van der Waals surface area (Å²) in [6, 6.07) is 0. The minimum atomic E-state index is -1.35. The molecule has 3 unspecified atom stereocenters. The van der Waals surface area contributed by atoms with Crippen LogP contribution < -0.4 is 0 Å². The predicted molar refractivity (Wildman–Crippen MR) is 87.3 cm³/mol. The molecule has 3 nitrogen and oxygen atoms in total. The summed E-state index contributed by atoms with van der Waals surface area (Å²) in [5, 5.41) is 0. The summed E-state index contributed by atoms with van der Waals surface area (Å²) in [6.07, 6.45) is 3.30. The molecule has 2 fully saturated rings. The lowest BCUT2D eigenvalue weighted by Crippen LogP contribution is -2.44. The molecular weight excluding hydrogens is 405 g/mol. The van der Waals surface area contributed by atoms with E-state index in [2.05, 4.69) is 22.6 Å². The predicted octanol–water partition coefficient (Wildman–Crippen LogP) is 3.73. The lowest BCUT2D eigenvalue weighted by atomic mass is 9.78. The average Bonchev–Trinajstić information content (AvgIpc) is 3.03. The molecular formula is C16H21F2IO3. The molecule has 22 heavy (non-hydrogen) atoms. The van der Waals surface area contributed by atoms with Crippen LogP contribution in [0.15, 0.2) is 24.1 Å². The summed E-state index contributed by atoms with van der Waals surface area (Å²) in [5.41, 5.74) is -0.603. The summed E-state index contributed by atoms with van der Waals surface area (Å²) in [7, 11) is 0. The lowest BCUT2D eigenvalue weighted by molar-refractivity contribution is -0.144. The van der Waals surface area contributed by atoms with Crippen molar-refractivity contribution in [3.63, 3.8) is 0 Å². The highest BCUT2D eigenvalue weighted by molar-refractivity contribution is 14.1. The van der Waals surface area contributed by atoms with Crippen LogP contribution in [0.3, 0.4) is 0 Å². The zero-order valence-corrected chi connectivity index (χ0v) is 14.9. The van der Waals surface area contributed by atoms with Crippen LogP contribution in [-0.4, -0.2) is 41.3 Å². The smallest absolute Gasteiger partial charge is 0.163 e. The third-order valence-corrected chi connectivity index (χ3v) is 6.00. The van der Waals surface area contributed by atoms with E-state index in [1.807, 2.05) is 13.8 Å². The molecule has 0 spiro atoms. The van der Waals surface area contributed by atoms with E-state index in [-0.39, 0.29) is 12.0 Å². The second-order valence-corrected chi connectivity index (χ2v) is 7.48. The van der Waals surface area contributed by atoms with E-state index in [1.54, 1.807) is 6.08 Å². The standard InChI is InChI=1S/C16H21F2IO3/c1-15(2)20-8-14(22-15)10-6-16(9-19,21-7-10)12-4-3-11(17)5-13(12)18/h3-5,10,12-14H,6-9H2,1-2H3/t10-,12?,13?,14?,16-/m0/s1. The van der Waals surface area contributed by atoms with Gasteiger partial charge in [-0.25, -0.2) is 8.78 Å². The van der Waals surface area contributed by atoms with Crippen molar-refractivity contribution in [1.82, 2.24) is 0 Å². The Morgan fingerprint density at radius 1 is 1.32 bits per heavy atom. The SMILES string of the molecule is CC1(C)OCC([C@@H]2CO[C@@](CI)(C3C=CC(F)=CC3F)C2)O1. The minimum absolute atomic E-state index is 0.0299. The number of alkyl halides is 2. The highest BCUT2D eigenvalue weighted by Gasteiger charge is 2.51. The Kier molecular flexibility index (Phi) is 4.66. The molecule has 2 saturated heterocycles. The molecule has 0 bridgehead atoms. The van der Waals surface area contributed by atoms with Crippen molar-refractivity contribution < 1.29 is 23.0 Å². The highest BCUT2D eigenvalue weighted by Crippen LogP contribution is 2.45. The Morgan fingerprint density at radius 3 is 2.68 bits per heavy atom. The van der Waals surface area contributed by atoms with Crippen molar-refractivity contribution in [2.75, 3.05) is 17.6 Å². The Bertz CT molecular complexity index is 494. The molecule has 2 aliphatic heterocycles. The second kappa shape index (κ2) is 6.11. The van der Waals surface area contributed by atoms with Gasteiger partial charge >= 0.3 is 0 Å². The third kappa shape index (κ3) is 3.12. The van der Waals surface area contributed by atoms with E-state index in [9.17, 15) is 8.78 Å². The van der Waals surface area contributed by atoms with Gasteiger partial charge in [0.15, 0.2) is 5.79 Å². The molecule has 5 atom stereocenters. The Morgan fingerprint density at radius 2 is 2.09 bits per heavy atom. The maximum absolute atomic E-state index is 14.3. The number of hydrogen-bond donors (Lipinski definition) is 0. The minimum Gasteiger partial charge on any atom is -0.373 e. The van der Waals surface area contributed by atoms with Gasteiger partial charge in [0.25, 0.3) is 0 Å². The van der Waals surface area contributed by atoms with Crippen molar-refractivity contribution in [3.05, 3.63) is 24.1 Å². The summed E-state index contributed by atoms with van der Waals surface area (Å²) in [4.78, 5) is 0. The number of hydrogen-bond acceptors (Lipinski definition) is 3. The van der Waals surface area contributed by atoms with Crippen molar-refractivity contribution >= 4 is 22.6 Å². The van der Waals surface area contributed by atoms with Crippen LogP contribution >= 0.6 is 22.6 Å². The summed E-state index contributed by atoms with van der Waals surface area (Å²) in [5.74, 6) is -1.37. The molecule has 3 rings (SSSR count). The van der Waals surface area contributed by atoms with Gasteiger partial charge in [0.2, 0.25) is 0 Å². The zero-order valence-electron chi connectivity index (χ0n) is 12.7. The van der Waals surface area contributed by atoms with Gasteiger partial charge in [-0.15, -0.1) is 0 Å². The van der Waals surface area contributed by atoms with Gasteiger partial charge in [-0.3, -0.25) is 0 Å². The van der Waals surface area contributed by atoms with Crippen LogP contribution in [-0.2, 0) is 14.2 Å². The normalized spacial score (nSPS) is 44.3. The van der Waals surface area contributed by atoms with Crippen LogP contribution in [0, 0.1) is 11.8 Å². The first-order valence-corrected chi connectivity index (χ1v) is 9.09. The van der Waals surface area contributed by atoms with Crippen LogP contribution in [0.1, 0.15) is 20.3 Å². The van der Waals surface area contributed by atoms with Gasteiger partial charge in [-0.1, -0.05) is 28.7 Å². The largest absolute Gasteiger partial charge is 0.373 e. The summed E-state index contributed by atoms with van der Waals surface area (Å²) >= 11 is 2.23. The first kappa shape index (κ1) is 16.8. The fraction of sp³-hybridized carbons (Fsp3) is 0.750. The maximum Gasteiger partial charge on any atom is 0.163 e. The van der Waals surface area contributed by atoms with Crippen LogP contribution in [0.2, 0.25) is 0 Å². The van der Waals surface area contributed by atoms with Crippen molar-refractivity contribution in [2.45, 2.75) is 43.9 Å². The van der Waals surface area contributed by atoms with E-state index in [4.69, 9.17) is 14.2 Å². The average molecular weight is 426 g/mol. The Labute approximate surface area is 143 Å². The first-order valence-electron chi connectivity index (χ1n) is 7.56. The quantitative estimate of drug-likeness (QED) is 0.509. The molecule has 1 aliphatic carbocycles. The van der Waals surface area contributed by atoms with Gasteiger partial charge < -0.3 is 14.2 Å². The van der Waals surface area contributed by atoms with Crippen LogP contribution in [0.5, 0.6) is 0 Å². The van der Waals surface area contributed by atoms with E-state index >= 15 is 0 Å². The highest BCUT2D eigenvalue weighted by atomic mass is 127. The van der Waals surface area contributed by atoms with Crippen molar-refractivity contribution in [3.8, 4) is 0 Å². The number of allylic oxidation sites excluding steroid dienone is 3. The lowest BCUT2D eigenvalue weighted by Gasteiger charge is -2.36.